The zero-order chi connectivity index (χ0) is 16.5. The van der Waals surface area contributed by atoms with Gasteiger partial charge in [-0.1, -0.05) is 0 Å². The molecule has 0 atom stereocenters. The average Bonchev–Trinajstić information content (AvgIpc) is 3.21. The van der Waals surface area contributed by atoms with Crippen LogP contribution in [0.3, 0.4) is 0 Å². The number of hydrogen-bond donors (Lipinski definition) is 1. The number of aliphatic carboxylic acids is 1. The molecule has 1 aromatic rings. The van der Waals surface area contributed by atoms with Gasteiger partial charge in [0.05, 0.1) is 18.4 Å². The van der Waals surface area contributed by atoms with E-state index in [4.69, 9.17) is 9.84 Å². The molecule has 0 saturated heterocycles. The maximum absolute atomic E-state index is 12.9. The second-order valence-electron chi connectivity index (χ2n) is 5.70. The van der Waals surface area contributed by atoms with Crippen molar-refractivity contribution in [3.8, 4) is 5.75 Å². The molecule has 1 saturated carbocycles. The number of sulfonamides is 1. The molecule has 2 rings (SSSR count). The number of carboxylic acid groups (broad SMARTS) is 1. The lowest BCUT2D eigenvalue weighted by atomic mass is 10.1. The van der Waals surface area contributed by atoms with Gasteiger partial charge in [-0.2, -0.15) is 4.31 Å². The SMILES string of the molecule is COc1ccc(S(=O)(=O)N(C(C)C)C2CC2)c(CC(=O)O)c1. The Hall–Kier alpha value is -1.60. The van der Waals surface area contributed by atoms with Gasteiger partial charge in [-0.3, -0.25) is 4.79 Å². The number of nitrogens with zero attached hydrogens (tertiary/aromatic N) is 1. The highest BCUT2D eigenvalue weighted by molar-refractivity contribution is 7.89. The van der Waals surface area contributed by atoms with Gasteiger partial charge in [0.2, 0.25) is 10.0 Å². The number of rotatable bonds is 7. The van der Waals surface area contributed by atoms with Crippen LogP contribution in [-0.2, 0) is 21.2 Å². The summed E-state index contributed by atoms with van der Waals surface area (Å²) < 4.78 is 32.5. The second-order valence-corrected chi connectivity index (χ2v) is 7.52. The monoisotopic (exact) mass is 327 g/mol. The van der Waals surface area contributed by atoms with Crippen LogP contribution in [0.4, 0.5) is 0 Å². The standard InChI is InChI=1S/C15H21NO5S/c1-10(2)16(12-4-5-12)22(19,20)14-7-6-13(21-3)8-11(14)9-15(17)18/h6-8,10,12H,4-5,9H2,1-3H3,(H,17,18). The van der Waals surface area contributed by atoms with Crippen molar-refractivity contribution >= 4 is 16.0 Å². The Labute approximate surface area is 130 Å². The Bertz CT molecular complexity index is 663. The van der Waals surface area contributed by atoms with Crippen molar-refractivity contribution in [3.05, 3.63) is 23.8 Å². The molecule has 0 spiro atoms. The van der Waals surface area contributed by atoms with Gasteiger partial charge in [0.15, 0.2) is 0 Å². The molecule has 0 aliphatic heterocycles. The summed E-state index contributed by atoms with van der Waals surface area (Å²) in [5.74, 6) is -0.634. The molecule has 0 amide bonds. The van der Waals surface area contributed by atoms with E-state index in [1.807, 2.05) is 13.8 Å². The van der Waals surface area contributed by atoms with Crippen LogP contribution < -0.4 is 4.74 Å². The maximum Gasteiger partial charge on any atom is 0.307 e. The zero-order valence-corrected chi connectivity index (χ0v) is 13.8. The fourth-order valence-corrected chi connectivity index (χ4v) is 4.66. The molecule has 0 radical (unpaired) electrons. The first-order valence-electron chi connectivity index (χ1n) is 7.19. The summed E-state index contributed by atoms with van der Waals surface area (Å²) in [6.07, 6.45) is 1.34. The molecule has 7 heteroatoms. The van der Waals surface area contributed by atoms with E-state index in [-0.39, 0.29) is 29.0 Å². The molecular weight excluding hydrogens is 306 g/mol. The molecule has 0 aromatic heterocycles. The van der Waals surface area contributed by atoms with Crippen LogP contribution in [-0.4, -0.2) is 43.0 Å². The maximum atomic E-state index is 12.9. The van der Waals surface area contributed by atoms with Crippen LogP contribution >= 0.6 is 0 Å². The first-order chi connectivity index (χ1) is 10.3. The van der Waals surface area contributed by atoms with Crippen molar-refractivity contribution in [3.63, 3.8) is 0 Å². The highest BCUT2D eigenvalue weighted by Gasteiger charge is 2.40. The first-order valence-corrected chi connectivity index (χ1v) is 8.63. The Morgan fingerprint density at radius 3 is 2.50 bits per heavy atom. The third-order valence-corrected chi connectivity index (χ3v) is 5.81. The van der Waals surface area contributed by atoms with Crippen molar-refractivity contribution in [2.75, 3.05) is 7.11 Å². The third-order valence-electron chi connectivity index (χ3n) is 3.58. The molecule has 0 bridgehead atoms. The van der Waals surface area contributed by atoms with Crippen LogP contribution in [0.15, 0.2) is 23.1 Å². The quantitative estimate of drug-likeness (QED) is 0.826. The number of carbonyl (C=O) groups is 1. The third kappa shape index (κ3) is 3.41. The van der Waals surface area contributed by atoms with Crippen LogP contribution in [0.2, 0.25) is 0 Å². The van der Waals surface area contributed by atoms with Gasteiger partial charge in [0.1, 0.15) is 5.75 Å². The Kier molecular flexibility index (Phi) is 4.77. The van der Waals surface area contributed by atoms with Gasteiger partial charge in [-0.25, -0.2) is 8.42 Å². The average molecular weight is 327 g/mol. The Morgan fingerprint density at radius 2 is 2.05 bits per heavy atom. The second kappa shape index (κ2) is 6.26. The number of carboxylic acids is 1. The van der Waals surface area contributed by atoms with E-state index in [2.05, 4.69) is 0 Å². The van der Waals surface area contributed by atoms with E-state index >= 15 is 0 Å². The first kappa shape index (κ1) is 16.8. The predicted molar refractivity (Wildman–Crippen MR) is 81.5 cm³/mol. The predicted octanol–water partition coefficient (Wildman–Crippen LogP) is 1.88. The lowest BCUT2D eigenvalue weighted by Gasteiger charge is -2.26. The number of ether oxygens (including phenoxy) is 1. The smallest absolute Gasteiger partial charge is 0.307 e. The minimum atomic E-state index is -3.72. The molecule has 1 aliphatic carbocycles. The lowest BCUT2D eigenvalue weighted by molar-refractivity contribution is -0.136. The van der Waals surface area contributed by atoms with Gasteiger partial charge >= 0.3 is 5.97 Å². The van der Waals surface area contributed by atoms with Gasteiger partial charge in [-0.05, 0) is 50.5 Å². The van der Waals surface area contributed by atoms with Crippen molar-refractivity contribution in [1.82, 2.24) is 4.31 Å². The van der Waals surface area contributed by atoms with E-state index in [9.17, 15) is 13.2 Å². The number of benzene rings is 1. The molecule has 0 heterocycles. The van der Waals surface area contributed by atoms with Crippen molar-refractivity contribution < 1.29 is 23.1 Å². The summed E-state index contributed by atoms with van der Waals surface area (Å²) in [6, 6.07) is 4.31. The molecule has 1 fully saturated rings. The lowest BCUT2D eigenvalue weighted by Crippen LogP contribution is -2.39. The van der Waals surface area contributed by atoms with Crippen LogP contribution in [0.25, 0.3) is 0 Å². The van der Waals surface area contributed by atoms with E-state index in [0.29, 0.717) is 5.75 Å². The summed E-state index contributed by atoms with van der Waals surface area (Å²) in [7, 11) is -2.27. The molecule has 122 valence electrons. The Balaban J connectivity index is 2.51. The molecule has 22 heavy (non-hydrogen) atoms. The zero-order valence-electron chi connectivity index (χ0n) is 12.9. The fraction of sp³-hybridized carbons (Fsp3) is 0.533. The largest absolute Gasteiger partial charge is 0.497 e. The topological polar surface area (TPSA) is 83.9 Å². The highest BCUT2D eigenvalue weighted by atomic mass is 32.2. The minimum absolute atomic E-state index is 0.0183. The molecule has 1 N–H and O–H groups in total. The Morgan fingerprint density at radius 1 is 1.41 bits per heavy atom. The van der Waals surface area contributed by atoms with Gasteiger partial charge in [0.25, 0.3) is 0 Å². The highest BCUT2D eigenvalue weighted by Crippen LogP contribution is 2.35. The summed E-state index contributed by atoms with van der Waals surface area (Å²) >= 11 is 0. The van der Waals surface area contributed by atoms with Gasteiger partial charge in [0, 0.05) is 12.1 Å². The van der Waals surface area contributed by atoms with Crippen LogP contribution in [0, 0.1) is 0 Å². The molecule has 1 aromatic carbocycles. The summed E-state index contributed by atoms with van der Waals surface area (Å²) in [6.45, 7) is 3.66. The molecule has 0 unspecified atom stereocenters. The molecule has 6 nitrogen and oxygen atoms in total. The summed E-state index contributed by atoms with van der Waals surface area (Å²) in [5.41, 5.74) is 0.248. The van der Waals surface area contributed by atoms with Crippen LogP contribution in [0.5, 0.6) is 5.75 Å². The number of methoxy groups -OCH3 is 1. The van der Waals surface area contributed by atoms with Crippen molar-refractivity contribution in [1.29, 1.82) is 0 Å². The molecular formula is C15H21NO5S. The van der Waals surface area contributed by atoms with Crippen LogP contribution in [0.1, 0.15) is 32.3 Å². The molecule has 1 aliphatic rings. The van der Waals surface area contributed by atoms with Gasteiger partial charge < -0.3 is 9.84 Å². The van der Waals surface area contributed by atoms with Crippen molar-refractivity contribution in [2.24, 2.45) is 0 Å². The van der Waals surface area contributed by atoms with E-state index < -0.39 is 16.0 Å². The summed E-state index contributed by atoms with van der Waals surface area (Å²) in [4.78, 5) is 11.1. The van der Waals surface area contributed by atoms with Crippen molar-refractivity contribution in [2.45, 2.75) is 50.1 Å². The minimum Gasteiger partial charge on any atom is -0.497 e. The van der Waals surface area contributed by atoms with E-state index in [0.717, 1.165) is 12.8 Å². The fourth-order valence-electron chi connectivity index (χ4n) is 2.57. The summed E-state index contributed by atoms with van der Waals surface area (Å²) in [5, 5.41) is 9.04. The van der Waals surface area contributed by atoms with E-state index in [1.165, 1.54) is 23.5 Å². The normalized spacial score (nSPS) is 15.3. The number of hydrogen-bond acceptors (Lipinski definition) is 4. The van der Waals surface area contributed by atoms with E-state index in [1.54, 1.807) is 6.07 Å². The van der Waals surface area contributed by atoms with Gasteiger partial charge in [-0.15, -0.1) is 0 Å².